The molecule has 1 N–H and O–H groups in total. The molecule has 0 amide bonds. The third-order valence-electron chi connectivity index (χ3n) is 3.57. The van der Waals surface area contributed by atoms with E-state index < -0.39 is 0 Å². The molecule has 0 saturated heterocycles. The van der Waals surface area contributed by atoms with Crippen LogP contribution in [0.25, 0.3) is 11.4 Å². The van der Waals surface area contributed by atoms with Gasteiger partial charge in [-0.3, -0.25) is 0 Å². The average Bonchev–Trinajstić information content (AvgIpc) is 3.33. The lowest BCUT2D eigenvalue weighted by molar-refractivity contribution is 0.179. The summed E-state index contributed by atoms with van der Waals surface area (Å²) in [5, 5.41) is 3.47. The van der Waals surface area contributed by atoms with E-state index in [2.05, 4.69) is 15.3 Å². The highest BCUT2D eigenvalue weighted by Gasteiger charge is 2.31. The second-order valence-electron chi connectivity index (χ2n) is 5.20. The predicted molar refractivity (Wildman–Crippen MR) is 79.5 cm³/mol. The molecular formula is C16H19N3O. The molecule has 1 heterocycles. The fourth-order valence-electron chi connectivity index (χ4n) is 2.33. The summed E-state index contributed by atoms with van der Waals surface area (Å²) >= 11 is 0. The van der Waals surface area contributed by atoms with Gasteiger partial charge >= 0.3 is 0 Å². The van der Waals surface area contributed by atoms with Crippen LogP contribution in [0.1, 0.15) is 12.8 Å². The number of hydrogen-bond acceptors (Lipinski definition) is 4. The summed E-state index contributed by atoms with van der Waals surface area (Å²) in [6.45, 7) is 0.727. The maximum atomic E-state index is 5.27. The van der Waals surface area contributed by atoms with E-state index in [1.54, 1.807) is 7.11 Å². The summed E-state index contributed by atoms with van der Waals surface area (Å²) in [7, 11) is 1.74. The van der Waals surface area contributed by atoms with Gasteiger partial charge in [0, 0.05) is 12.7 Å². The highest BCUT2D eigenvalue weighted by Crippen LogP contribution is 2.34. The molecule has 1 atom stereocenters. The predicted octanol–water partition coefficient (Wildman–Crippen LogP) is 2.98. The summed E-state index contributed by atoms with van der Waals surface area (Å²) in [6.07, 6.45) is 6.26. The smallest absolute Gasteiger partial charge is 0.159 e. The monoisotopic (exact) mass is 269 g/mol. The van der Waals surface area contributed by atoms with Crippen LogP contribution in [0.3, 0.4) is 0 Å². The second-order valence-corrected chi connectivity index (χ2v) is 5.20. The number of anilines is 1. The van der Waals surface area contributed by atoms with Gasteiger partial charge in [0.05, 0.1) is 30.7 Å². The molecule has 4 nitrogen and oxygen atoms in total. The first kappa shape index (κ1) is 13.1. The highest BCUT2D eigenvalue weighted by atomic mass is 16.5. The summed E-state index contributed by atoms with van der Waals surface area (Å²) < 4.78 is 5.27. The van der Waals surface area contributed by atoms with Crippen LogP contribution in [0.4, 0.5) is 5.69 Å². The Morgan fingerprint density at radius 1 is 1.20 bits per heavy atom. The van der Waals surface area contributed by atoms with E-state index in [-0.39, 0.29) is 0 Å². The normalized spacial score (nSPS) is 15.8. The highest BCUT2D eigenvalue weighted by molar-refractivity contribution is 5.55. The van der Waals surface area contributed by atoms with E-state index in [1.807, 2.05) is 42.7 Å². The molecule has 0 aliphatic heterocycles. The topological polar surface area (TPSA) is 47.0 Å². The third-order valence-corrected chi connectivity index (χ3v) is 3.57. The van der Waals surface area contributed by atoms with Gasteiger partial charge < -0.3 is 10.1 Å². The molecule has 0 radical (unpaired) electrons. The van der Waals surface area contributed by atoms with Crippen LogP contribution in [0.2, 0.25) is 0 Å². The first-order valence-electron chi connectivity index (χ1n) is 7.00. The second kappa shape index (κ2) is 6.01. The van der Waals surface area contributed by atoms with Crippen molar-refractivity contribution in [3.63, 3.8) is 0 Å². The number of methoxy groups -OCH3 is 1. The maximum absolute atomic E-state index is 5.27. The summed E-state index contributed by atoms with van der Waals surface area (Å²) in [4.78, 5) is 8.85. The molecule has 2 aromatic rings. The van der Waals surface area contributed by atoms with Crippen LogP contribution < -0.4 is 5.32 Å². The van der Waals surface area contributed by atoms with Gasteiger partial charge in [-0.25, -0.2) is 9.97 Å². The summed E-state index contributed by atoms with van der Waals surface area (Å²) in [6, 6.07) is 10.4. The van der Waals surface area contributed by atoms with Crippen LogP contribution in [0.5, 0.6) is 0 Å². The van der Waals surface area contributed by atoms with Crippen molar-refractivity contribution in [1.82, 2.24) is 9.97 Å². The van der Waals surface area contributed by atoms with Gasteiger partial charge in [0.1, 0.15) is 0 Å². The zero-order valence-electron chi connectivity index (χ0n) is 11.6. The van der Waals surface area contributed by atoms with Gasteiger partial charge in [0.15, 0.2) is 5.82 Å². The van der Waals surface area contributed by atoms with E-state index in [1.165, 1.54) is 12.8 Å². The largest absolute Gasteiger partial charge is 0.383 e. The minimum Gasteiger partial charge on any atom is -0.383 e. The van der Waals surface area contributed by atoms with Crippen molar-refractivity contribution in [3.8, 4) is 11.4 Å². The SMILES string of the molecule is COCC(Nc1cnc(-c2ccccc2)nc1)C1CC1. The Morgan fingerprint density at radius 2 is 1.90 bits per heavy atom. The number of benzene rings is 1. The molecule has 1 aromatic carbocycles. The fourth-order valence-corrected chi connectivity index (χ4v) is 2.33. The van der Waals surface area contributed by atoms with E-state index in [0.717, 1.165) is 29.6 Å². The molecule has 0 bridgehead atoms. The van der Waals surface area contributed by atoms with Gasteiger partial charge in [-0.2, -0.15) is 0 Å². The van der Waals surface area contributed by atoms with E-state index in [9.17, 15) is 0 Å². The Balaban J connectivity index is 1.69. The molecule has 1 aliphatic rings. The minimum absolute atomic E-state index is 0.367. The van der Waals surface area contributed by atoms with E-state index in [0.29, 0.717) is 6.04 Å². The van der Waals surface area contributed by atoms with Crippen LogP contribution >= 0.6 is 0 Å². The minimum atomic E-state index is 0.367. The van der Waals surface area contributed by atoms with Crippen LogP contribution in [0.15, 0.2) is 42.7 Å². The Bertz CT molecular complexity index is 537. The van der Waals surface area contributed by atoms with Crippen molar-refractivity contribution in [2.45, 2.75) is 18.9 Å². The van der Waals surface area contributed by atoms with Crippen molar-refractivity contribution in [2.75, 3.05) is 19.0 Å². The van der Waals surface area contributed by atoms with E-state index in [4.69, 9.17) is 4.74 Å². The number of ether oxygens (including phenoxy) is 1. The van der Waals surface area contributed by atoms with Crippen LogP contribution in [-0.4, -0.2) is 29.7 Å². The van der Waals surface area contributed by atoms with Crippen LogP contribution in [0, 0.1) is 5.92 Å². The van der Waals surface area contributed by atoms with E-state index >= 15 is 0 Å². The van der Waals surface area contributed by atoms with Gasteiger partial charge in [-0.05, 0) is 18.8 Å². The first-order valence-corrected chi connectivity index (χ1v) is 7.00. The molecule has 1 aromatic heterocycles. The molecule has 20 heavy (non-hydrogen) atoms. The fraction of sp³-hybridized carbons (Fsp3) is 0.375. The number of nitrogens with zero attached hydrogens (tertiary/aromatic N) is 2. The van der Waals surface area contributed by atoms with Gasteiger partial charge in [0.25, 0.3) is 0 Å². The number of hydrogen-bond donors (Lipinski definition) is 1. The van der Waals surface area contributed by atoms with Gasteiger partial charge in [-0.15, -0.1) is 0 Å². The quantitative estimate of drug-likeness (QED) is 0.875. The van der Waals surface area contributed by atoms with Gasteiger partial charge in [0.2, 0.25) is 0 Å². The third kappa shape index (κ3) is 3.14. The van der Waals surface area contributed by atoms with Crippen molar-refractivity contribution in [3.05, 3.63) is 42.7 Å². The molecular weight excluding hydrogens is 250 g/mol. The molecule has 3 rings (SSSR count). The lowest BCUT2D eigenvalue weighted by Gasteiger charge is -2.18. The molecule has 0 spiro atoms. The van der Waals surface area contributed by atoms with Crippen molar-refractivity contribution >= 4 is 5.69 Å². The van der Waals surface area contributed by atoms with Gasteiger partial charge in [-0.1, -0.05) is 30.3 Å². The zero-order chi connectivity index (χ0) is 13.8. The molecule has 1 aliphatic carbocycles. The number of rotatable bonds is 6. The molecule has 1 unspecified atom stereocenters. The maximum Gasteiger partial charge on any atom is 0.159 e. The lowest BCUT2D eigenvalue weighted by Crippen LogP contribution is -2.27. The standard InChI is InChI=1S/C16H19N3O/c1-20-11-15(12-7-8-12)19-14-9-17-16(18-10-14)13-5-3-2-4-6-13/h2-6,9-10,12,15,19H,7-8,11H2,1H3. The first-order chi connectivity index (χ1) is 9.86. The Hall–Kier alpha value is -1.94. The summed E-state index contributed by atoms with van der Waals surface area (Å²) in [5.74, 6) is 1.48. The molecule has 104 valence electrons. The average molecular weight is 269 g/mol. The zero-order valence-corrected chi connectivity index (χ0v) is 11.6. The Labute approximate surface area is 119 Å². The summed E-state index contributed by atoms with van der Waals surface area (Å²) in [5.41, 5.74) is 1.99. The number of aromatic nitrogens is 2. The number of nitrogens with one attached hydrogen (secondary N) is 1. The molecule has 4 heteroatoms. The molecule has 1 saturated carbocycles. The van der Waals surface area contributed by atoms with Crippen molar-refractivity contribution < 1.29 is 4.74 Å². The Morgan fingerprint density at radius 3 is 2.50 bits per heavy atom. The van der Waals surface area contributed by atoms with Crippen molar-refractivity contribution in [1.29, 1.82) is 0 Å². The van der Waals surface area contributed by atoms with Crippen LogP contribution in [-0.2, 0) is 4.74 Å². The van der Waals surface area contributed by atoms with Crippen molar-refractivity contribution in [2.24, 2.45) is 5.92 Å². The lowest BCUT2D eigenvalue weighted by atomic mass is 10.2. The Kier molecular flexibility index (Phi) is 3.92. The molecule has 1 fully saturated rings.